The summed E-state index contributed by atoms with van der Waals surface area (Å²) in [5.41, 5.74) is 2.26. The van der Waals surface area contributed by atoms with Crippen LogP contribution in [0.4, 0.5) is 0 Å². The molecular weight excluding hydrogens is 214 g/mol. The van der Waals surface area contributed by atoms with Gasteiger partial charge in [-0.1, -0.05) is 6.07 Å². The van der Waals surface area contributed by atoms with Crippen LogP contribution < -0.4 is 10.1 Å². The van der Waals surface area contributed by atoms with Crippen LogP contribution in [0.5, 0.6) is 5.75 Å². The Morgan fingerprint density at radius 3 is 3.12 bits per heavy atom. The van der Waals surface area contributed by atoms with Gasteiger partial charge in [0.15, 0.2) is 0 Å². The lowest BCUT2D eigenvalue weighted by Crippen LogP contribution is -2.27. The average molecular weight is 231 g/mol. The minimum Gasteiger partial charge on any atom is -0.496 e. The Morgan fingerprint density at radius 1 is 1.41 bits per heavy atom. The zero-order valence-corrected chi connectivity index (χ0v) is 10.2. The van der Waals surface area contributed by atoms with Gasteiger partial charge >= 0.3 is 0 Å². The fraction of sp³-hybridized carbons (Fsp3) is 0.429. The highest BCUT2D eigenvalue weighted by Gasteiger charge is 2.21. The molecule has 90 valence electrons. The van der Waals surface area contributed by atoms with Gasteiger partial charge in [-0.2, -0.15) is 0 Å². The number of furan rings is 1. The van der Waals surface area contributed by atoms with E-state index in [1.54, 1.807) is 7.11 Å². The molecule has 0 fully saturated rings. The third kappa shape index (κ3) is 1.71. The van der Waals surface area contributed by atoms with E-state index in [4.69, 9.17) is 9.15 Å². The number of ether oxygens (including phenoxy) is 1. The summed E-state index contributed by atoms with van der Waals surface area (Å²) in [4.78, 5) is 0. The highest BCUT2D eigenvalue weighted by atomic mass is 16.5. The molecule has 0 saturated carbocycles. The van der Waals surface area contributed by atoms with Crippen molar-refractivity contribution in [3.05, 3.63) is 29.5 Å². The van der Waals surface area contributed by atoms with E-state index in [0.29, 0.717) is 6.04 Å². The second kappa shape index (κ2) is 4.08. The molecule has 17 heavy (non-hydrogen) atoms. The van der Waals surface area contributed by atoms with E-state index in [9.17, 15) is 0 Å². The van der Waals surface area contributed by atoms with E-state index in [0.717, 1.165) is 41.9 Å². The standard InChI is InChI=1S/C14H17NO2/c1-9-8-13-10(6-7-15-9)14-11(16-2)4-3-5-12(14)17-13/h3-5,9,15H,6-8H2,1-2H3. The van der Waals surface area contributed by atoms with Crippen molar-refractivity contribution in [2.75, 3.05) is 13.7 Å². The molecule has 2 heterocycles. The van der Waals surface area contributed by atoms with Crippen LogP contribution in [0, 0.1) is 0 Å². The number of hydrogen-bond acceptors (Lipinski definition) is 3. The molecule has 0 bridgehead atoms. The Labute approximate surface area is 101 Å². The van der Waals surface area contributed by atoms with E-state index in [1.165, 1.54) is 5.56 Å². The zero-order chi connectivity index (χ0) is 11.8. The van der Waals surface area contributed by atoms with Crippen molar-refractivity contribution in [3.8, 4) is 5.75 Å². The van der Waals surface area contributed by atoms with Crippen LogP contribution in [-0.2, 0) is 12.8 Å². The van der Waals surface area contributed by atoms with Gasteiger partial charge in [-0.05, 0) is 32.0 Å². The molecule has 1 atom stereocenters. The number of fused-ring (bicyclic) bond motifs is 3. The monoisotopic (exact) mass is 231 g/mol. The first-order chi connectivity index (χ1) is 8.29. The lowest BCUT2D eigenvalue weighted by atomic mass is 10.1. The number of nitrogens with one attached hydrogen (secondary N) is 1. The van der Waals surface area contributed by atoms with Gasteiger partial charge in [0, 0.05) is 18.0 Å². The Balaban J connectivity index is 2.22. The minimum absolute atomic E-state index is 0.475. The van der Waals surface area contributed by atoms with Crippen LogP contribution in [0.1, 0.15) is 18.2 Å². The third-order valence-corrected chi connectivity index (χ3v) is 3.44. The van der Waals surface area contributed by atoms with Crippen molar-refractivity contribution in [1.29, 1.82) is 0 Å². The van der Waals surface area contributed by atoms with Crippen molar-refractivity contribution < 1.29 is 9.15 Å². The van der Waals surface area contributed by atoms with Crippen LogP contribution in [0.25, 0.3) is 11.0 Å². The minimum atomic E-state index is 0.475. The molecule has 0 saturated heterocycles. The van der Waals surface area contributed by atoms with E-state index < -0.39 is 0 Å². The Kier molecular flexibility index (Phi) is 2.56. The first-order valence-electron chi connectivity index (χ1n) is 6.10. The van der Waals surface area contributed by atoms with Crippen molar-refractivity contribution >= 4 is 11.0 Å². The summed E-state index contributed by atoms with van der Waals surface area (Å²) in [5.74, 6) is 2.03. The predicted octanol–water partition coefficient (Wildman–Crippen LogP) is 2.52. The van der Waals surface area contributed by atoms with E-state index in [2.05, 4.69) is 12.2 Å². The largest absolute Gasteiger partial charge is 0.496 e. The number of rotatable bonds is 1. The highest BCUT2D eigenvalue weighted by molar-refractivity contribution is 5.88. The topological polar surface area (TPSA) is 34.4 Å². The first kappa shape index (κ1) is 10.7. The summed E-state index contributed by atoms with van der Waals surface area (Å²) in [6.45, 7) is 3.19. The smallest absolute Gasteiger partial charge is 0.138 e. The van der Waals surface area contributed by atoms with Crippen LogP contribution in [0.15, 0.2) is 22.6 Å². The first-order valence-corrected chi connectivity index (χ1v) is 6.10. The van der Waals surface area contributed by atoms with Crippen LogP contribution in [0.2, 0.25) is 0 Å². The van der Waals surface area contributed by atoms with Crippen LogP contribution >= 0.6 is 0 Å². The SMILES string of the molecule is COc1cccc2oc3c(c12)CCNC(C)C3. The molecule has 0 radical (unpaired) electrons. The molecule has 2 aromatic rings. The van der Waals surface area contributed by atoms with Crippen molar-refractivity contribution in [3.63, 3.8) is 0 Å². The molecule has 0 spiro atoms. The second-order valence-electron chi connectivity index (χ2n) is 4.65. The van der Waals surface area contributed by atoms with E-state index in [1.807, 2.05) is 18.2 Å². The number of benzene rings is 1. The summed E-state index contributed by atoms with van der Waals surface area (Å²) in [5, 5.41) is 4.63. The summed E-state index contributed by atoms with van der Waals surface area (Å²) in [6, 6.07) is 6.47. The lowest BCUT2D eigenvalue weighted by molar-refractivity contribution is 0.419. The van der Waals surface area contributed by atoms with Gasteiger partial charge in [-0.3, -0.25) is 0 Å². The third-order valence-electron chi connectivity index (χ3n) is 3.44. The summed E-state index contributed by atoms with van der Waals surface area (Å²) in [6.07, 6.45) is 1.96. The van der Waals surface area contributed by atoms with Gasteiger partial charge in [0.25, 0.3) is 0 Å². The molecule has 1 aliphatic heterocycles. The van der Waals surface area contributed by atoms with Gasteiger partial charge in [-0.25, -0.2) is 0 Å². The summed E-state index contributed by atoms with van der Waals surface area (Å²) in [7, 11) is 1.71. The maximum atomic E-state index is 5.96. The molecular formula is C14H17NO2. The Bertz CT molecular complexity index is 544. The molecule has 3 rings (SSSR count). The van der Waals surface area contributed by atoms with Crippen LogP contribution in [0.3, 0.4) is 0 Å². The molecule has 1 N–H and O–H groups in total. The van der Waals surface area contributed by atoms with Gasteiger partial charge in [0.2, 0.25) is 0 Å². The molecule has 1 aromatic heterocycles. The van der Waals surface area contributed by atoms with Gasteiger partial charge in [0.05, 0.1) is 12.5 Å². The van der Waals surface area contributed by atoms with Gasteiger partial charge < -0.3 is 14.5 Å². The average Bonchev–Trinajstić information content (AvgIpc) is 2.57. The quantitative estimate of drug-likeness (QED) is 0.819. The molecule has 1 unspecified atom stereocenters. The maximum Gasteiger partial charge on any atom is 0.138 e. The van der Waals surface area contributed by atoms with Gasteiger partial charge in [0.1, 0.15) is 17.1 Å². The normalized spacial score (nSPS) is 20.0. The second-order valence-corrected chi connectivity index (χ2v) is 4.65. The van der Waals surface area contributed by atoms with Crippen molar-refractivity contribution in [1.82, 2.24) is 5.32 Å². The van der Waals surface area contributed by atoms with Gasteiger partial charge in [-0.15, -0.1) is 0 Å². The maximum absolute atomic E-state index is 5.96. The zero-order valence-electron chi connectivity index (χ0n) is 10.2. The summed E-state index contributed by atoms with van der Waals surface area (Å²) < 4.78 is 11.4. The fourth-order valence-corrected chi connectivity index (χ4v) is 2.62. The molecule has 1 aliphatic rings. The van der Waals surface area contributed by atoms with Crippen molar-refractivity contribution in [2.45, 2.75) is 25.8 Å². The Hall–Kier alpha value is -1.48. The number of hydrogen-bond donors (Lipinski definition) is 1. The van der Waals surface area contributed by atoms with E-state index >= 15 is 0 Å². The molecule has 3 nitrogen and oxygen atoms in total. The summed E-state index contributed by atoms with van der Waals surface area (Å²) >= 11 is 0. The Morgan fingerprint density at radius 2 is 2.29 bits per heavy atom. The highest BCUT2D eigenvalue weighted by Crippen LogP contribution is 2.35. The van der Waals surface area contributed by atoms with Crippen LogP contribution in [-0.4, -0.2) is 19.7 Å². The molecule has 0 aliphatic carbocycles. The molecule has 3 heteroatoms. The fourth-order valence-electron chi connectivity index (χ4n) is 2.62. The molecule has 0 amide bonds. The van der Waals surface area contributed by atoms with Crippen molar-refractivity contribution in [2.24, 2.45) is 0 Å². The number of methoxy groups -OCH3 is 1. The predicted molar refractivity (Wildman–Crippen MR) is 67.6 cm³/mol. The lowest BCUT2D eigenvalue weighted by Gasteiger charge is -2.07. The molecule has 1 aromatic carbocycles. The van der Waals surface area contributed by atoms with E-state index in [-0.39, 0.29) is 0 Å².